The molecule has 1 aromatic heterocycles. The van der Waals surface area contributed by atoms with Gasteiger partial charge in [-0.3, -0.25) is 9.36 Å². The molecule has 2 heterocycles. The molecule has 194 valence electrons. The Balaban J connectivity index is 1.93. The van der Waals surface area contributed by atoms with Crippen LogP contribution in [-0.2, 0) is 9.53 Å². The van der Waals surface area contributed by atoms with Crippen molar-refractivity contribution in [2.24, 2.45) is 4.99 Å². The molecule has 0 bridgehead atoms. The summed E-state index contributed by atoms with van der Waals surface area (Å²) in [7, 11) is 1.58. The minimum atomic E-state index is -0.693. The maximum absolute atomic E-state index is 13.8. The van der Waals surface area contributed by atoms with Crippen LogP contribution in [0.25, 0.3) is 6.08 Å². The van der Waals surface area contributed by atoms with E-state index in [1.165, 1.54) is 11.3 Å². The van der Waals surface area contributed by atoms with Gasteiger partial charge in [-0.25, -0.2) is 9.79 Å². The molecule has 0 amide bonds. The van der Waals surface area contributed by atoms with Crippen molar-refractivity contribution in [3.8, 4) is 11.5 Å². The molecular weight excluding hydrogens is 624 g/mol. The molecule has 0 spiro atoms. The number of halogens is 2. The second kappa shape index (κ2) is 11.4. The average Bonchev–Trinajstić information content (AvgIpc) is 3.12. The largest absolute Gasteiger partial charge is 0.495 e. The van der Waals surface area contributed by atoms with Crippen LogP contribution < -0.4 is 24.4 Å². The van der Waals surface area contributed by atoms with Gasteiger partial charge in [-0.2, -0.15) is 0 Å². The number of esters is 1. The molecule has 1 aliphatic heterocycles. The number of ether oxygens (including phenoxy) is 3. The summed E-state index contributed by atoms with van der Waals surface area (Å²) in [6, 6.07) is 10.5. The maximum Gasteiger partial charge on any atom is 0.338 e. The van der Waals surface area contributed by atoms with E-state index < -0.39 is 12.0 Å². The number of fused-ring (bicyclic) bond motifs is 1. The summed E-state index contributed by atoms with van der Waals surface area (Å²) in [5, 5.41) is 0. The van der Waals surface area contributed by atoms with E-state index in [-0.39, 0.29) is 18.3 Å². The average molecular weight is 650 g/mol. The van der Waals surface area contributed by atoms with Crippen molar-refractivity contribution in [3.05, 3.63) is 87.4 Å². The number of carbonyl (C=O) groups excluding carboxylic acids is 1. The molecule has 0 saturated heterocycles. The zero-order valence-corrected chi connectivity index (χ0v) is 25.0. The van der Waals surface area contributed by atoms with Crippen LogP contribution in [0.4, 0.5) is 0 Å². The van der Waals surface area contributed by atoms with Gasteiger partial charge in [-0.1, -0.05) is 39.4 Å². The Morgan fingerprint density at radius 1 is 1.22 bits per heavy atom. The Kier molecular flexibility index (Phi) is 8.40. The molecule has 4 rings (SSSR count). The van der Waals surface area contributed by atoms with Crippen LogP contribution in [0.3, 0.4) is 0 Å². The second-order valence-electron chi connectivity index (χ2n) is 8.55. The lowest BCUT2D eigenvalue weighted by molar-refractivity contribution is -0.139. The van der Waals surface area contributed by atoms with Crippen molar-refractivity contribution in [2.75, 3.05) is 13.7 Å². The molecule has 0 unspecified atom stereocenters. The van der Waals surface area contributed by atoms with Gasteiger partial charge in [0.05, 0.1) is 46.1 Å². The first kappa shape index (κ1) is 27.3. The highest BCUT2D eigenvalue weighted by atomic mass is 79.9. The summed E-state index contributed by atoms with van der Waals surface area (Å²) >= 11 is 8.27. The molecule has 10 heteroatoms. The molecule has 0 radical (unpaired) electrons. The van der Waals surface area contributed by atoms with E-state index in [1.807, 2.05) is 50.2 Å². The third-order valence-corrected chi connectivity index (χ3v) is 7.64. The Hall–Kier alpha value is -2.69. The van der Waals surface area contributed by atoms with Crippen LogP contribution >= 0.6 is 43.2 Å². The van der Waals surface area contributed by atoms with Gasteiger partial charge in [0.2, 0.25) is 0 Å². The predicted octanol–water partition coefficient (Wildman–Crippen LogP) is 5.12. The Morgan fingerprint density at radius 3 is 2.54 bits per heavy atom. The number of carbonyl (C=O) groups is 1. The van der Waals surface area contributed by atoms with Crippen LogP contribution in [-0.4, -0.2) is 30.4 Å². The van der Waals surface area contributed by atoms with E-state index in [2.05, 4.69) is 36.9 Å². The summed E-state index contributed by atoms with van der Waals surface area (Å²) in [6.45, 7) is 7.64. The number of hydrogen-bond donors (Lipinski definition) is 0. The molecular formula is C27H26Br2N2O5S. The lowest BCUT2D eigenvalue weighted by Gasteiger charge is -2.25. The van der Waals surface area contributed by atoms with Crippen molar-refractivity contribution < 1.29 is 19.0 Å². The monoisotopic (exact) mass is 648 g/mol. The summed E-state index contributed by atoms with van der Waals surface area (Å²) in [6.07, 6.45) is 1.80. The fourth-order valence-corrected chi connectivity index (χ4v) is 6.61. The van der Waals surface area contributed by atoms with Gasteiger partial charge >= 0.3 is 5.97 Å². The number of methoxy groups -OCH3 is 1. The smallest absolute Gasteiger partial charge is 0.338 e. The minimum absolute atomic E-state index is 0.0239. The lowest BCUT2D eigenvalue weighted by atomic mass is 9.96. The first-order valence-corrected chi connectivity index (χ1v) is 14.0. The third kappa shape index (κ3) is 5.61. The maximum atomic E-state index is 13.8. The summed E-state index contributed by atoms with van der Waals surface area (Å²) in [5.41, 5.74) is 2.07. The number of hydrogen-bond acceptors (Lipinski definition) is 7. The highest BCUT2D eigenvalue weighted by Gasteiger charge is 2.33. The first-order valence-electron chi connectivity index (χ1n) is 11.6. The fraction of sp³-hybridized carbons (Fsp3) is 0.296. The van der Waals surface area contributed by atoms with E-state index in [0.717, 1.165) is 20.1 Å². The molecule has 0 saturated carbocycles. The molecule has 0 fully saturated rings. The van der Waals surface area contributed by atoms with Gasteiger partial charge in [-0.05, 0) is 79.5 Å². The van der Waals surface area contributed by atoms with E-state index in [9.17, 15) is 9.59 Å². The van der Waals surface area contributed by atoms with Crippen molar-refractivity contribution in [2.45, 2.75) is 39.8 Å². The number of rotatable bonds is 7. The van der Waals surface area contributed by atoms with Crippen LogP contribution in [0.5, 0.6) is 11.5 Å². The highest BCUT2D eigenvalue weighted by Crippen LogP contribution is 2.34. The van der Waals surface area contributed by atoms with E-state index >= 15 is 0 Å². The zero-order chi connectivity index (χ0) is 26.9. The normalized spacial score (nSPS) is 15.5. The van der Waals surface area contributed by atoms with Crippen LogP contribution in [0.2, 0.25) is 0 Å². The molecule has 37 heavy (non-hydrogen) atoms. The standard InChI is InChI=1S/C27H26Br2N2O5S/c1-6-35-26(33)22-15(4)30-27-31(23(22)16-7-9-19(10-8-16)36-14(2)3)25(32)21(37-27)12-17-11-18(28)13-20(29)24(17)34-5/h7-14,23H,6H2,1-5H3/b21-12-/t23-/m1/s1. The molecule has 0 aliphatic carbocycles. The van der Waals surface area contributed by atoms with E-state index in [1.54, 1.807) is 31.6 Å². The SMILES string of the molecule is CCOC(=O)C1=C(C)N=c2s/c(=C\c3cc(Br)cc(Br)c3OC)c(=O)n2[C@@H]1c1ccc(OC(C)C)cc1. The van der Waals surface area contributed by atoms with Crippen LogP contribution in [0.15, 0.2) is 66.4 Å². The van der Waals surface area contributed by atoms with Gasteiger partial charge in [0, 0.05) is 10.0 Å². The number of aromatic nitrogens is 1. The predicted molar refractivity (Wildman–Crippen MR) is 151 cm³/mol. The van der Waals surface area contributed by atoms with Crippen molar-refractivity contribution >= 4 is 55.2 Å². The topological polar surface area (TPSA) is 79.1 Å². The quantitative estimate of drug-likeness (QED) is 0.332. The van der Waals surface area contributed by atoms with Gasteiger partial charge in [0.1, 0.15) is 11.5 Å². The number of nitrogens with zero attached hydrogens (tertiary/aromatic N) is 2. The summed E-state index contributed by atoms with van der Waals surface area (Å²) < 4.78 is 20.3. The highest BCUT2D eigenvalue weighted by molar-refractivity contribution is 9.11. The molecule has 0 N–H and O–H groups in total. The fourth-order valence-electron chi connectivity index (χ4n) is 4.15. The van der Waals surface area contributed by atoms with Gasteiger partial charge in [0.25, 0.3) is 5.56 Å². The first-order chi connectivity index (χ1) is 17.6. The molecule has 7 nitrogen and oxygen atoms in total. The molecule has 1 aliphatic rings. The Labute approximate surface area is 235 Å². The number of benzene rings is 2. The van der Waals surface area contributed by atoms with Crippen molar-refractivity contribution in [3.63, 3.8) is 0 Å². The van der Waals surface area contributed by atoms with Gasteiger partial charge in [0.15, 0.2) is 4.80 Å². The Bertz CT molecular complexity index is 1560. The van der Waals surface area contributed by atoms with Crippen LogP contribution in [0.1, 0.15) is 44.9 Å². The second-order valence-corrected chi connectivity index (χ2v) is 11.3. The number of allylic oxidation sites excluding steroid dienone is 1. The van der Waals surface area contributed by atoms with Gasteiger partial charge in [-0.15, -0.1) is 0 Å². The third-order valence-electron chi connectivity index (χ3n) is 5.61. The minimum Gasteiger partial charge on any atom is -0.495 e. The molecule has 2 aromatic carbocycles. The van der Waals surface area contributed by atoms with Crippen LogP contribution in [0, 0.1) is 0 Å². The summed E-state index contributed by atoms with van der Waals surface area (Å²) in [4.78, 5) is 32.0. The van der Waals surface area contributed by atoms with E-state index in [4.69, 9.17) is 14.2 Å². The lowest BCUT2D eigenvalue weighted by Crippen LogP contribution is -2.39. The molecule has 1 atom stereocenters. The Morgan fingerprint density at radius 2 is 1.92 bits per heavy atom. The molecule has 3 aromatic rings. The van der Waals surface area contributed by atoms with Crippen molar-refractivity contribution in [1.82, 2.24) is 4.57 Å². The van der Waals surface area contributed by atoms with Gasteiger partial charge < -0.3 is 14.2 Å². The zero-order valence-electron chi connectivity index (χ0n) is 21.0. The van der Waals surface area contributed by atoms with Crippen molar-refractivity contribution in [1.29, 1.82) is 0 Å². The summed E-state index contributed by atoms with van der Waals surface area (Å²) in [5.74, 6) is 0.815. The number of thiazole rings is 1. The van der Waals surface area contributed by atoms with E-state index in [0.29, 0.717) is 32.1 Å².